The van der Waals surface area contributed by atoms with Crippen LogP contribution in [0.5, 0.6) is 5.75 Å². The summed E-state index contributed by atoms with van der Waals surface area (Å²) in [6.07, 6.45) is 3.32. The first kappa shape index (κ1) is 16.8. The molecule has 1 amide bonds. The first-order chi connectivity index (χ1) is 9.74. The molecule has 2 aliphatic heterocycles. The monoisotopic (exact) mass is 422 g/mol. The van der Waals surface area contributed by atoms with Crippen molar-refractivity contribution in [2.75, 3.05) is 19.7 Å². The maximum atomic E-state index is 12.4. The lowest BCUT2D eigenvalue weighted by molar-refractivity contribution is -0.136. The SMILES string of the molecule is Cl.O=C(COc1ccc(I)cc1)N1C2CCNCC1CC2. The number of hydrogen-bond acceptors (Lipinski definition) is 3. The van der Waals surface area contributed by atoms with Crippen molar-refractivity contribution in [3.8, 4) is 5.75 Å². The Hall–Kier alpha value is -0.530. The van der Waals surface area contributed by atoms with Gasteiger partial charge in [0, 0.05) is 22.2 Å². The Kier molecular flexibility index (Phi) is 6.13. The summed E-state index contributed by atoms with van der Waals surface area (Å²) in [6, 6.07) is 8.55. The number of carbonyl (C=O) groups excluding carboxylic acids is 1. The predicted octanol–water partition coefficient (Wildman–Crippen LogP) is 2.44. The van der Waals surface area contributed by atoms with E-state index in [9.17, 15) is 4.79 Å². The van der Waals surface area contributed by atoms with Crippen molar-refractivity contribution in [1.29, 1.82) is 0 Å². The number of carbonyl (C=O) groups is 1. The van der Waals surface area contributed by atoms with Crippen molar-refractivity contribution >= 4 is 40.9 Å². The van der Waals surface area contributed by atoms with Crippen molar-refractivity contribution in [2.45, 2.75) is 31.3 Å². The second-order valence-corrected chi connectivity index (χ2v) is 6.67. The summed E-state index contributed by atoms with van der Waals surface area (Å²) >= 11 is 2.25. The van der Waals surface area contributed by atoms with Crippen LogP contribution in [0.2, 0.25) is 0 Å². The van der Waals surface area contributed by atoms with Gasteiger partial charge in [-0.25, -0.2) is 0 Å². The highest BCUT2D eigenvalue weighted by Crippen LogP contribution is 2.28. The number of halogens is 2. The minimum atomic E-state index is 0. The normalized spacial score (nSPS) is 24.1. The summed E-state index contributed by atoms with van der Waals surface area (Å²) in [6.45, 7) is 2.09. The number of benzene rings is 1. The number of nitrogens with one attached hydrogen (secondary N) is 1. The molecule has 1 N–H and O–H groups in total. The zero-order valence-electron chi connectivity index (χ0n) is 11.8. The van der Waals surface area contributed by atoms with Crippen LogP contribution in [-0.2, 0) is 4.79 Å². The standard InChI is InChI=1S/C15H19IN2O2.ClH/c16-11-1-5-14(6-2-11)20-10-15(19)18-12-3-4-13(18)9-17-8-7-12;/h1-2,5-6,12-13,17H,3-4,7-10H2;1H. The highest BCUT2D eigenvalue weighted by molar-refractivity contribution is 14.1. The molecular formula is C15H20ClIN2O2. The van der Waals surface area contributed by atoms with Crippen molar-refractivity contribution in [2.24, 2.45) is 0 Å². The molecule has 2 bridgehead atoms. The van der Waals surface area contributed by atoms with Crippen molar-refractivity contribution in [1.82, 2.24) is 10.2 Å². The van der Waals surface area contributed by atoms with Crippen LogP contribution in [0.4, 0.5) is 0 Å². The summed E-state index contributed by atoms with van der Waals surface area (Å²) in [7, 11) is 0. The fraction of sp³-hybridized carbons (Fsp3) is 0.533. The number of fused-ring (bicyclic) bond motifs is 2. The predicted molar refractivity (Wildman–Crippen MR) is 93.0 cm³/mol. The summed E-state index contributed by atoms with van der Waals surface area (Å²) in [5.74, 6) is 0.888. The van der Waals surface area contributed by atoms with Crippen molar-refractivity contribution in [3.63, 3.8) is 0 Å². The minimum Gasteiger partial charge on any atom is -0.484 e. The average molecular weight is 423 g/mol. The second-order valence-electron chi connectivity index (χ2n) is 5.42. The Morgan fingerprint density at radius 2 is 1.95 bits per heavy atom. The molecule has 0 aromatic heterocycles. The summed E-state index contributed by atoms with van der Waals surface area (Å²) in [5.41, 5.74) is 0. The fourth-order valence-electron chi connectivity index (χ4n) is 3.14. The number of hydrogen-bond donors (Lipinski definition) is 1. The molecule has 1 aromatic rings. The molecule has 1 aromatic carbocycles. The Morgan fingerprint density at radius 3 is 2.71 bits per heavy atom. The van der Waals surface area contributed by atoms with Gasteiger partial charge in [-0.3, -0.25) is 4.79 Å². The van der Waals surface area contributed by atoms with E-state index in [1.54, 1.807) is 0 Å². The molecule has 2 unspecified atom stereocenters. The number of amides is 1. The lowest BCUT2D eigenvalue weighted by Gasteiger charge is -2.27. The molecule has 2 heterocycles. The highest BCUT2D eigenvalue weighted by atomic mass is 127. The van der Waals surface area contributed by atoms with Gasteiger partial charge in [-0.15, -0.1) is 12.4 Å². The van der Waals surface area contributed by atoms with E-state index in [1.807, 2.05) is 24.3 Å². The van der Waals surface area contributed by atoms with E-state index in [0.29, 0.717) is 12.1 Å². The lowest BCUT2D eigenvalue weighted by atomic mass is 10.1. The summed E-state index contributed by atoms with van der Waals surface area (Å²) < 4.78 is 6.79. The van der Waals surface area contributed by atoms with Gasteiger partial charge >= 0.3 is 0 Å². The molecule has 2 saturated heterocycles. The quantitative estimate of drug-likeness (QED) is 0.761. The smallest absolute Gasteiger partial charge is 0.261 e. The first-order valence-corrected chi connectivity index (χ1v) is 8.22. The van der Waals surface area contributed by atoms with Gasteiger partial charge in [0.05, 0.1) is 0 Å². The molecule has 0 aliphatic carbocycles. The third-order valence-corrected chi connectivity index (χ3v) is 4.84. The Balaban J connectivity index is 0.00000161. The van der Waals surface area contributed by atoms with Crippen LogP contribution in [0.15, 0.2) is 24.3 Å². The minimum absolute atomic E-state index is 0. The molecule has 3 rings (SSSR count). The fourth-order valence-corrected chi connectivity index (χ4v) is 3.50. The Morgan fingerprint density at radius 1 is 1.24 bits per heavy atom. The molecule has 0 saturated carbocycles. The zero-order chi connectivity index (χ0) is 13.9. The van der Waals surface area contributed by atoms with Crippen molar-refractivity contribution in [3.05, 3.63) is 27.8 Å². The van der Waals surface area contributed by atoms with E-state index in [-0.39, 0.29) is 24.9 Å². The topological polar surface area (TPSA) is 41.6 Å². The molecule has 0 radical (unpaired) electrons. The van der Waals surface area contributed by atoms with Gasteiger partial charge in [0.1, 0.15) is 5.75 Å². The van der Waals surface area contributed by atoms with Gasteiger partial charge in [-0.05, 0) is 72.7 Å². The zero-order valence-corrected chi connectivity index (χ0v) is 14.7. The van der Waals surface area contributed by atoms with E-state index in [4.69, 9.17) is 4.74 Å². The van der Waals surface area contributed by atoms with Gasteiger partial charge in [0.25, 0.3) is 5.91 Å². The van der Waals surface area contributed by atoms with Crippen LogP contribution in [0, 0.1) is 3.57 Å². The van der Waals surface area contributed by atoms with Crippen LogP contribution in [0.3, 0.4) is 0 Å². The van der Waals surface area contributed by atoms with Gasteiger partial charge < -0.3 is 15.0 Å². The van der Waals surface area contributed by atoms with Crippen LogP contribution in [0.25, 0.3) is 0 Å². The lowest BCUT2D eigenvalue weighted by Crippen LogP contribution is -2.44. The maximum Gasteiger partial charge on any atom is 0.261 e. The van der Waals surface area contributed by atoms with Gasteiger partial charge in [-0.2, -0.15) is 0 Å². The summed E-state index contributed by atoms with van der Waals surface area (Å²) in [4.78, 5) is 14.5. The number of rotatable bonds is 3. The molecule has 4 nitrogen and oxygen atoms in total. The third kappa shape index (κ3) is 4.02. The van der Waals surface area contributed by atoms with Crippen molar-refractivity contribution < 1.29 is 9.53 Å². The van der Waals surface area contributed by atoms with Crippen LogP contribution in [0.1, 0.15) is 19.3 Å². The Bertz CT molecular complexity index is 469. The molecule has 116 valence electrons. The van der Waals surface area contributed by atoms with Gasteiger partial charge in [0.15, 0.2) is 6.61 Å². The van der Waals surface area contributed by atoms with E-state index < -0.39 is 0 Å². The van der Waals surface area contributed by atoms with Gasteiger partial charge in [-0.1, -0.05) is 0 Å². The molecular weight excluding hydrogens is 403 g/mol. The molecule has 2 atom stereocenters. The Labute approximate surface area is 145 Å². The third-order valence-electron chi connectivity index (χ3n) is 4.12. The number of ether oxygens (including phenoxy) is 1. The molecule has 2 aliphatic rings. The molecule has 6 heteroatoms. The van der Waals surface area contributed by atoms with Gasteiger partial charge in [0.2, 0.25) is 0 Å². The highest BCUT2D eigenvalue weighted by Gasteiger charge is 2.37. The molecule has 2 fully saturated rings. The van der Waals surface area contributed by atoms with E-state index >= 15 is 0 Å². The van der Waals surface area contributed by atoms with E-state index in [0.717, 1.165) is 41.7 Å². The van der Waals surface area contributed by atoms with Crippen LogP contribution in [-0.4, -0.2) is 42.6 Å². The summed E-state index contributed by atoms with van der Waals surface area (Å²) in [5, 5.41) is 3.41. The van der Waals surface area contributed by atoms with Crippen LogP contribution >= 0.6 is 35.0 Å². The average Bonchev–Trinajstić information content (AvgIpc) is 2.71. The first-order valence-electron chi connectivity index (χ1n) is 7.14. The van der Waals surface area contributed by atoms with E-state index in [2.05, 4.69) is 32.8 Å². The maximum absolute atomic E-state index is 12.4. The van der Waals surface area contributed by atoms with Crippen LogP contribution < -0.4 is 10.1 Å². The van der Waals surface area contributed by atoms with E-state index in [1.165, 1.54) is 0 Å². The number of nitrogens with zero attached hydrogens (tertiary/aromatic N) is 1. The molecule has 21 heavy (non-hydrogen) atoms. The molecule has 0 spiro atoms. The largest absolute Gasteiger partial charge is 0.484 e. The second kappa shape index (κ2) is 7.65.